The SMILES string of the molecule is C[C@](O)(CN=[N+]=[N-])c1ccc2ccccc2c1. The number of azide groups is 1. The lowest BCUT2D eigenvalue weighted by Crippen LogP contribution is -2.24. The molecule has 0 spiro atoms. The van der Waals surface area contributed by atoms with E-state index in [0.717, 1.165) is 16.3 Å². The van der Waals surface area contributed by atoms with Gasteiger partial charge in [0.15, 0.2) is 0 Å². The summed E-state index contributed by atoms with van der Waals surface area (Å²) in [5.74, 6) is 0. The number of hydrogen-bond acceptors (Lipinski definition) is 2. The van der Waals surface area contributed by atoms with Gasteiger partial charge in [-0.25, -0.2) is 0 Å². The third-order valence-corrected chi connectivity index (χ3v) is 2.81. The van der Waals surface area contributed by atoms with E-state index in [1.54, 1.807) is 6.92 Å². The molecule has 0 unspecified atom stereocenters. The smallest absolute Gasteiger partial charge is 0.0925 e. The molecule has 0 saturated carbocycles. The minimum Gasteiger partial charge on any atom is -0.385 e. The fourth-order valence-electron chi connectivity index (χ4n) is 1.78. The van der Waals surface area contributed by atoms with E-state index in [-0.39, 0.29) is 6.54 Å². The molecule has 0 saturated heterocycles. The second-order valence-corrected chi connectivity index (χ2v) is 4.22. The molecule has 0 fully saturated rings. The van der Waals surface area contributed by atoms with Crippen LogP contribution in [0.15, 0.2) is 47.6 Å². The molecule has 86 valence electrons. The van der Waals surface area contributed by atoms with Crippen LogP contribution in [0.25, 0.3) is 21.2 Å². The van der Waals surface area contributed by atoms with Gasteiger partial charge >= 0.3 is 0 Å². The third-order valence-electron chi connectivity index (χ3n) is 2.81. The van der Waals surface area contributed by atoms with E-state index >= 15 is 0 Å². The van der Waals surface area contributed by atoms with Crippen molar-refractivity contribution < 1.29 is 5.11 Å². The van der Waals surface area contributed by atoms with Gasteiger partial charge in [-0.05, 0) is 34.9 Å². The van der Waals surface area contributed by atoms with E-state index in [9.17, 15) is 5.11 Å². The summed E-state index contributed by atoms with van der Waals surface area (Å²) < 4.78 is 0. The molecule has 4 nitrogen and oxygen atoms in total. The highest BCUT2D eigenvalue weighted by Gasteiger charge is 2.22. The lowest BCUT2D eigenvalue weighted by atomic mass is 9.94. The van der Waals surface area contributed by atoms with Crippen molar-refractivity contribution in [3.8, 4) is 0 Å². The molecule has 2 aromatic carbocycles. The fraction of sp³-hybridized carbons (Fsp3) is 0.231. The van der Waals surface area contributed by atoms with Gasteiger partial charge in [0.1, 0.15) is 0 Å². The molecule has 4 heteroatoms. The van der Waals surface area contributed by atoms with Gasteiger partial charge < -0.3 is 5.11 Å². The van der Waals surface area contributed by atoms with Crippen molar-refractivity contribution in [2.24, 2.45) is 5.11 Å². The molecule has 17 heavy (non-hydrogen) atoms. The van der Waals surface area contributed by atoms with Crippen molar-refractivity contribution in [2.75, 3.05) is 6.54 Å². The fourth-order valence-corrected chi connectivity index (χ4v) is 1.78. The monoisotopic (exact) mass is 227 g/mol. The third kappa shape index (κ3) is 2.38. The van der Waals surface area contributed by atoms with Gasteiger partial charge in [-0.1, -0.05) is 41.5 Å². The van der Waals surface area contributed by atoms with Crippen LogP contribution in [0.2, 0.25) is 0 Å². The Morgan fingerprint density at radius 2 is 1.94 bits per heavy atom. The Bertz CT molecular complexity index is 586. The molecule has 2 aromatic rings. The van der Waals surface area contributed by atoms with Gasteiger partial charge in [0.2, 0.25) is 0 Å². The number of fused-ring (bicyclic) bond motifs is 1. The maximum Gasteiger partial charge on any atom is 0.0925 e. The van der Waals surface area contributed by atoms with Crippen molar-refractivity contribution >= 4 is 10.8 Å². The summed E-state index contributed by atoms with van der Waals surface area (Å²) in [6.45, 7) is 1.67. The van der Waals surface area contributed by atoms with E-state index in [1.165, 1.54) is 0 Å². The lowest BCUT2D eigenvalue weighted by molar-refractivity contribution is 0.0671. The van der Waals surface area contributed by atoms with Gasteiger partial charge in [-0.3, -0.25) is 0 Å². The first kappa shape index (κ1) is 11.5. The van der Waals surface area contributed by atoms with Crippen LogP contribution < -0.4 is 0 Å². The van der Waals surface area contributed by atoms with Crippen LogP contribution in [0.1, 0.15) is 12.5 Å². The highest BCUT2D eigenvalue weighted by Crippen LogP contribution is 2.25. The van der Waals surface area contributed by atoms with Crippen molar-refractivity contribution in [1.29, 1.82) is 0 Å². The van der Waals surface area contributed by atoms with Gasteiger partial charge in [-0.2, -0.15) is 0 Å². The minimum absolute atomic E-state index is 0.0296. The van der Waals surface area contributed by atoms with E-state index < -0.39 is 5.60 Å². The number of aliphatic hydroxyl groups is 1. The normalized spacial score (nSPS) is 14.0. The van der Waals surface area contributed by atoms with Gasteiger partial charge in [-0.15, -0.1) is 0 Å². The summed E-state index contributed by atoms with van der Waals surface area (Å²) >= 11 is 0. The van der Waals surface area contributed by atoms with E-state index in [4.69, 9.17) is 5.53 Å². The minimum atomic E-state index is -1.13. The number of hydrogen-bond donors (Lipinski definition) is 1. The molecule has 0 radical (unpaired) electrons. The molecular formula is C13H13N3O. The van der Waals surface area contributed by atoms with Gasteiger partial charge in [0.05, 0.1) is 12.1 Å². The van der Waals surface area contributed by atoms with Gasteiger partial charge in [0.25, 0.3) is 0 Å². The summed E-state index contributed by atoms with van der Waals surface area (Å²) in [6.07, 6.45) is 0. The molecule has 0 aromatic heterocycles. The van der Waals surface area contributed by atoms with Crippen LogP contribution in [-0.4, -0.2) is 11.7 Å². The van der Waals surface area contributed by atoms with Crippen molar-refractivity contribution in [1.82, 2.24) is 0 Å². The summed E-state index contributed by atoms with van der Waals surface area (Å²) in [4.78, 5) is 2.67. The zero-order valence-corrected chi connectivity index (χ0v) is 9.54. The molecule has 0 aliphatic rings. The van der Waals surface area contributed by atoms with Crippen LogP contribution in [0, 0.1) is 0 Å². The quantitative estimate of drug-likeness (QED) is 0.487. The Labute approximate surface area is 99.1 Å². The first-order valence-corrected chi connectivity index (χ1v) is 5.36. The Morgan fingerprint density at radius 1 is 1.24 bits per heavy atom. The molecule has 1 atom stereocenters. The summed E-state index contributed by atoms with van der Waals surface area (Å²) in [7, 11) is 0. The topological polar surface area (TPSA) is 69.0 Å². The number of benzene rings is 2. The molecule has 0 aliphatic heterocycles. The van der Waals surface area contributed by atoms with Crippen LogP contribution in [0.5, 0.6) is 0 Å². The predicted molar refractivity (Wildman–Crippen MR) is 67.5 cm³/mol. The maximum absolute atomic E-state index is 10.2. The van der Waals surface area contributed by atoms with Crippen LogP contribution in [0.4, 0.5) is 0 Å². The Kier molecular flexibility index (Phi) is 3.00. The molecule has 0 heterocycles. The Balaban J connectivity index is 2.45. The summed E-state index contributed by atoms with van der Waals surface area (Å²) in [6, 6.07) is 13.7. The van der Waals surface area contributed by atoms with Gasteiger partial charge in [0, 0.05) is 4.91 Å². The van der Waals surface area contributed by atoms with E-state index in [0.29, 0.717) is 0 Å². The Morgan fingerprint density at radius 3 is 2.65 bits per heavy atom. The molecule has 0 aliphatic carbocycles. The molecule has 2 rings (SSSR count). The van der Waals surface area contributed by atoms with Crippen molar-refractivity contribution in [3.05, 3.63) is 58.5 Å². The largest absolute Gasteiger partial charge is 0.385 e. The molecule has 0 amide bonds. The molecule has 0 bridgehead atoms. The zero-order chi connectivity index (χ0) is 12.3. The second kappa shape index (κ2) is 4.45. The van der Waals surface area contributed by atoms with Crippen molar-refractivity contribution in [2.45, 2.75) is 12.5 Å². The summed E-state index contributed by atoms with van der Waals surface area (Å²) in [5, 5.41) is 15.8. The van der Waals surface area contributed by atoms with E-state index in [1.807, 2.05) is 42.5 Å². The standard InChI is InChI=1S/C13H13N3O/c1-13(17,9-15-16-14)12-7-6-10-4-2-3-5-11(10)8-12/h2-8,17H,9H2,1H3/t13-/m0/s1. The summed E-state index contributed by atoms with van der Waals surface area (Å²) in [5.41, 5.74) is 7.92. The first-order chi connectivity index (χ1) is 8.13. The number of nitrogens with zero attached hydrogens (tertiary/aromatic N) is 3. The highest BCUT2D eigenvalue weighted by atomic mass is 16.3. The predicted octanol–water partition coefficient (Wildman–Crippen LogP) is 3.36. The Hall–Kier alpha value is -2.03. The first-order valence-electron chi connectivity index (χ1n) is 5.36. The van der Waals surface area contributed by atoms with Crippen LogP contribution in [0.3, 0.4) is 0 Å². The molecular weight excluding hydrogens is 214 g/mol. The van der Waals surface area contributed by atoms with Crippen molar-refractivity contribution in [3.63, 3.8) is 0 Å². The average molecular weight is 227 g/mol. The maximum atomic E-state index is 10.2. The van der Waals surface area contributed by atoms with Crippen LogP contribution >= 0.6 is 0 Å². The lowest BCUT2D eigenvalue weighted by Gasteiger charge is -2.21. The average Bonchev–Trinajstić information content (AvgIpc) is 2.36. The molecule has 1 N–H and O–H groups in total. The van der Waals surface area contributed by atoms with Crippen LogP contribution in [-0.2, 0) is 5.60 Å². The van der Waals surface area contributed by atoms with E-state index in [2.05, 4.69) is 10.0 Å². The second-order valence-electron chi connectivity index (χ2n) is 4.22. The zero-order valence-electron chi connectivity index (χ0n) is 9.54. The highest BCUT2D eigenvalue weighted by molar-refractivity contribution is 5.83. The number of rotatable bonds is 3.